The molecule has 0 bridgehead atoms. The highest BCUT2D eigenvalue weighted by atomic mass is 32.2. The zero-order valence-corrected chi connectivity index (χ0v) is 18.8. The lowest BCUT2D eigenvalue weighted by Crippen LogP contribution is -2.29. The van der Waals surface area contributed by atoms with Crippen molar-refractivity contribution in [3.05, 3.63) is 89.5 Å². The fourth-order valence-corrected chi connectivity index (χ4v) is 4.52. The predicted molar refractivity (Wildman–Crippen MR) is 122 cm³/mol. The van der Waals surface area contributed by atoms with Crippen molar-refractivity contribution < 1.29 is 17.9 Å². The highest BCUT2D eigenvalue weighted by Crippen LogP contribution is 2.31. The van der Waals surface area contributed by atoms with Gasteiger partial charge in [0.15, 0.2) is 0 Å². The van der Waals surface area contributed by atoms with Crippen LogP contribution in [0.15, 0.2) is 77.7 Å². The molecule has 0 aliphatic heterocycles. The minimum Gasteiger partial charge on any atom is -0.495 e. The first-order valence-electron chi connectivity index (χ1n) is 9.84. The molecule has 0 aliphatic carbocycles. The van der Waals surface area contributed by atoms with Crippen LogP contribution in [0.4, 0.5) is 5.69 Å². The molecule has 0 aliphatic rings. The predicted octanol–water partition coefficient (Wildman–Crippen LogP) is 4.32. The van der Waals surface area contributed by atoms with Gasteiger partial charge in [0.2, 0.25) is 0 Å². The number of sulfonamides is 1. The molecule has 3 aromatic carbocycles. The molecule has 3 rings (SSSR count). The van der Waals surface area contributed by atoms with Gasteiger partial charge in [-0.2, -0.15) is 0 Å². The summed E-state index contributed by atoms with van der Waals surface area (Å²) in [5.74, 6) is 0.112. The van der Waals surface area contributed by atoms with Crippen molar-refractivity contribution in [1.29, 1.82) is 0 Å². The Morgan fingerprint density at radius 2 is 1.65 bits per heavy atom. The quantitative estimate of drug-likeness (QED) is 0.596. The summed E-state index contributed by atoms with van der Waals surface area (Å²) in [6.45, 7) is 3.67. The molecule has 0 heterocycles. The van der Waals surface area contributed by atoms with E-state index in [1.54, 1.807) is 37.3 Å². The summed E-state index contributed by atoms with van der Waals surface area (Å²) < 4.78 is 33.0. The van der Waals surface area contributed by atoms with E-state index in [9.17, 15) is 13.2 Å². The number of nitrogens with one attached hydrogen (secondary N) is 1. The molecule has 1 unspecified atom stereocenters. The number of nitrogens with zero attached hydrogens (tertiary/aromatic N) is 1. The van der Waals surface area contributed by atoms with Crippen LogP contribution < -0.4 is 14.4 Å². The minimum atomic E-state index is -3.90. The van der Waals surface area contributed by atoms with Gasteiger partial charge in [0, 0.05) is 12.6 Å². The lowest BCUT2D eigenvalue weighted by molar-refractivity contribution is 0.0939. The van der Waals surface area contributed by atoms with Gasteiger partial charge in [0.1, 0.15) is 5.75 Å². The van der Waals surface area contributed by atoms with Crippen LogP contribution in [0.2, 0.25) is 0 Å². The molecule has 0 radical (unpaired) electrons. The maximum atomic E-state index is 13.3. The van der Waals surface area contributed by atoms with Gasteiger partial charge in [-0.1, -0.05) is 48.5 Å². The van der Waals surface area contributed by atoms with Crippen LogP contribution in [0.1, 0.15) is 34.5 Å². The third-order valence-electron chi connectivity index (χ3n) is 5.18. The summed E-state index contributed by atoms with van der Waals surface area (Å²) >= 11 is 0. The molecule has 0 spiro atoms. The number of methoxy groups -OCH3 is 1. The molecule has 31 heavy (non-hydrogen) atoms. The van der Waals surface area contributed by atoms with Crippen LogP contribution >= 0.6 is 0 Å². The average molecular weight is 439 g/mol. The van der Waals surface area contributed by atoms with Crippen LogP contribution in [0.3, 0.4) is 0 Å². The Morgan fingerprint density at radius 1 is 1.00 bits per heavy atom. The van der Waals surface area contributed by atoms with Gasteiger partial charge in [-0.05, 0) is 49.2 Å². The number of amides is 1. The van der Waals surface area contributed by atoms with E-state index >= 15 is 0 Å². The van der Waals surface area contributed by atoms with Gasteiger partial charge in [0.25, 0.3) is 15.9 Å². The summed E-state index contributed by atoms with van der Waals surface area (Å²) in [5, 5.41) is 2.94. The molecule has 0 fully saturated rings. The number of benzene rings is 3. The van der Waals surface area contributed by atoms with E-state index in [-0.39, 0.29) is 16.8 Å². The third kappa shape index (κ3) is 4.72. The van der Waals surface area contributed by atoms with Gasteiger partial charge in [-0.15, -0.1) is 0 Å². The Balaban J connectivity index is 1.91. The van der Waals surface area contributed by atoms with Crippen molar-refractivity contribution >= 4 is 21.6 Å². The molecule has 0 saturated carbocycles. The van der Waals surface area contributed by atoms with Crippen molar-refractivity contribution in [2.75, 3.05) is 18.5 Å². The molecule has 6 nitrogen and oxygen atoms in total. The van der Waals surface area contributed by atoms with Crippen molar-refractivity contribution in [2.24, 2.45) is 0 Å². The smallest absolute Gasteiger partial charge is 0.264 e. The number of ether oxygens (including phenoxy) is 1. The first-order chi connectivity index (χ1) is 14.8. The van der Waals surface area contributed by atoms with E-state index in [0.29, 0.717) is 22.6 Å². The van der Waals surface area contributed by atoms with Gasteiger partial charge >= 0.3 is 0 Å². The molecule has 0 aromatic heterocycles. The van der Waals surface area contributed by atoms with Gasteiger partial charge in [0.05, 0.1) is 23.7 Å². The summed E-state index contributed by atoms with van der Waals surface area (Å²) in [5.41, 5.74) is 2.39. The van der Waals surface area contributed by atoms with E-state index < -0.39 is 10.0 Å². The van der Waals surface area contributed by atoms with Crippen molar-refractivity contribution in [1.82, 2.24) is 5.32 Å². The average Bonchev–Trinajstić information content (AvgIpc) is 2.79. The Hall–Kier alpha value is -3.32. The molecule has 1 amide bonds. The number of carbonyl (C=O) groups is 1. The summed E-state index contributed by atoms with van der Waals surface area (Å²) in [6.07, 6.45) is 0. The Kier molecular flexibility index (Phi) is 6.65. The normalized spacial score (nSPS) is 12.1. The first-order valence-corrected chi connectivity index (χ1v) is 11.3. The second-order valence-electron chi connectivity index (χ2n) is 7.23. The zero-order chi connectivity index (χ0) is 22.6. The number of hydrogen-bond acceptors (Lipinski definition) is 4. The zero-order valence-electron chi connectivity index (χ0n) is 18.0. The van der Waals surface area contributed by atoms with Gasteiger partial charge in [-0.3, -0.25) is 9.10 Å². The number of para-hydroxylation sites is 2. The first kappa shape index (κ1) is 22.4. The van der Waals surface area contributed by atoms with Crippen molar-refractivity contribution in [3.63, 3.8) is 0 Å². The third-order valence-corrected chi connectivity index (χ3v) is 6.95. The summed E-state index contributed by atoms with van der Waals surface area (Å²) in [4.78, 5) is 13.0. The molecule has 7 heteroatoms. The highest BCUT2D eigenvalue weighted by Gasteiger charge is 2.25. The molecular weight excluding hydrogens is 412 g/mol. The molecule has 3 aromatic rings. The van der Waals surface area contributed by atoms with Crippen molar-refractivity contribution in [3.8, 4) is 5.75 Å². The van der Waals surface area contributed by atoms with Crippen LogP contribution in [-0.4, -0.2) is 28.5 Å². The maximum Gasteiger partial charge on any atom is 0.264 e. The summed E-state index contributed by atoms with van der Waals surface area (Å²) in [7, 11) is -0.955. The van der Waals surface area contributed by atoms with E-state index in [4.69, 9.17) is 4.74 Å². The van der Waals surface area contributed by atoms with Crippen LogP contribution in [0.25, 0.3) is 0 Å². The number of rotatable bonds is 7. The molecular formula is C24H26N2O4S. The second-order valence-corrected chi connectivity index (χ2v) is 9.20. The van der Waals surface area contributed by atoms with E-state index in [2.05, 4.69) is 5.32 Å². The number of hydrogen-bond donors (Lipinski definition) is 1. The largest absolute Gasteiger partial charge is 0.495 e. The fourth-order valence-electron chi connectivity index (χ4n) is 3.28. The summed E-state index contributed by atoms with van der Waals surface area (Å²) in [6, 6.07) is 20.8. The van der Waals surface area contributed by atoms with E-state index in [0.717, 1.165) is 9.87 Å². The van der Waals surface area contributed by atoms with Crippen LogP contribution in [-0.2, 0) is 10.0 Å². The van der Waals surface area contributed by atoms with Crippen molar-refractivity contribution in [2.45, 2.75) is 24.8 Å². The number of anilines is 1. The van der Waals surface area contributed by atoms with Gasteiger partial charge in [-0.25, -0.2) is 8.42 Å². The Labute approximate surface area is 183 Å². The maximum absolute atomic E-state index is 13.3. The number of aryl methyl sites for hydroxylation is 1. The molecule has 1 atom stereocenters. The highest BCUT2D eigenvalue weighted by molar-refractivity contribution is 7.92. The Morgan fingerprint density at radius 3 is 2.32 bits per heavy atom. The van der Waals surface area contributed by atoms with Crippen LogP contribution in [0, 0.1) is 6.92 Å². The SMILES string of the molecule is COc1ccccc1N(C)S(=O)(=O)c1ccc(C)c(C(=O)NC(C)c2ccccc2)c1. The van der Waals surface area contributed by atoms with Gasteiger partial charge < -0.3 is 10.1 Å². The van der Waals surface area contributed by atoms with E-state index in [1.165, 1.54) is 26.3 Å². The number of carbonyl (C=O) groups excluding carboxylic acids is 1. The molecule has 0 saturated heterocycles. The van der Waals surface area contributed by atoms with Crippen LogP contribution in [0.5, 0.6) is 5.75 Å². The lowest BCUT2D eigenvalue weighted by Gasteiger charge is -2.22. The second kappa shape index (κ2) is 9.22. The minimum absolute atomic E-state index is 0.0315. The molecule has 162 valence electrons. The fraction of sp³-hybridized carbons (Fsp3) is 0.208. The molecule has 1 N–H and O–H groups in total. The lowest BCUT2D eigenvalue weighted by atomic mass is 10.1. The topological polar surface area (TPSA) is 75.7 Å². The van der Waals surface area contributed by atoms with E-state index in [1.807, 2.05) is 37.3 Å². The monoisotopic (exact) mass is 438 g/mol. The Bertz CT molecular complexity index is 1180. The standard InChI is InChI=1S/C24H26N2O4S/c1-17-14-15-20(31(28,29)26(3)22-12-8-9-13-23(22)30-4)16-21(17)24(27)25-18(2)19-10-6-5-7-11-19/h5-16,18H,1-4H3,(H,25,27).